The molecular weight excluding hydrogens is 306 g/mol. The normalized spacial score (nSPS) is 17.2. The van der Waals surface area contributed by atoms with Crippen molar-refractivity contribution in [3.05, 3.63) is 108 Å². The highest BCUT2D eigenvalue weighted by Gasteiger charge is 2.20. The largest absolute Gasteiger partial charge is 0.324 e. The van der Waals surface area contributed by atoms with Crippen LogP contribution in [0.2, 0.25) is 0 Å². The summed E-state index contributed by atoms with van der Waals surface area (Å²) in [4.78, 5) is 9.56. The van der Waals surface area contributed by atoms with E-state index in [0.29, 0.717) is 0 Å². The number of aryl methyl sites for hydroxylation is 1. The van der Waals surface area contributed by atoms with Crippen LogP contribution >= 0.6 is 0 Å². The summed E-state index contributed by atoms with van der Waals surface area (Å²) in [5.74, 6) is 1.60. The minimum absolute atomic E-state index is 0.345. The van der Waals surface area contributed by atoms with Gasteiger partial charge in [-0.05, 0) is 18.6 Å². The fourth-order valence-electron chi connectivity index (χ4n) is 2.68. The molecule has 0 saturated carbocycles. The molecule has 1 unspecified atom stereocenters. The Bertz CT molecular complexity index is 873. The van der Waals surface area contributed by atoms with Crippen LogP contribution in [0.3, 0.4) is 0 Å². The first kappa shape index (κ1) is 16.7. The van der Waals surface area contributed by atoms with E-state index < -0.39 is 0 Å². The Morgan fingerprint density at radius 3 is 2.28 bits per heavy atom. The number of nitrogens with one attached hydrogen (secondary N) is 1. The summed E-state index contributed by atoms with van der Waals surface area (Å²) in [6.07, 6.45) is 5.06. The van der Waals surface area contributed by atoms with Gasteiger partial charge in [-0.25, -0.2) is 9.98 Å². The summed E-state index contributed by atoms with van der Waals surface area (Å²) in [5.41, 5.74) is 4.16. The van der Waals surface area contributed by atoms with Crippen molar-refractivity contribution < 1.29 is 0 Å². The molecule has 2 aromatic carbocycles. The van der Waals surface area contributed by atoms with E-state index >= 15 is 0 Å². The fraction of sp³-hybridized carbons (Fsp3) is 0.0909. The monoisotopic (exact) mass is 327 g/mol. The van der Waals surface area contributed by atoms with E-state index in [1.807, 2.05) is 42.5 Å². The number of hydrogen-bond donors (Lipinski definition) is 1. The van der Waals surface area contributed by atoms with Gasteiger partial charge in [-0.1, -0.05) is 85.5 Å². The molecule has 25 heavy (non-hydrogen) atoms. The molecule has 1 atom stereocenters. The average molecular weight is 327 g/mol. The number of aliphatic imine (C=N–C) groups is 2. The van der Waals surface area contributed by atoms with Crippen LogP contribution in [0.5, 0.6) is 0 Å². The molecule has 3 nitrogen and oxygen atoms in total. The third kappa shape index (κ3) is 3.83. The maximum atomic E-state index is 4.79. The molecule has 3 rings (SSSR count). The summed E-state index contributed by atoms with van der Waals surface area (Å²) < 4.78 is 0. The number of benzene rings is 2. The second kappa shape index (κ2) is 7.58. The smallest absolute Gasteiger partial charge is 0.169 e. The Morgan fingerprint density at radius 2 is 1.64 bits per heavy atom. The average Bonchev–Trinajstić information content (AvgIpc) is 2.66. The summed E-state index contributed by atoms with van der Waals surface area (Å²) in [5, 5.41) is 3.38. The molecule has 1 N–H and O–H groups in total. The maximum absolute atomic E-state index is 4.79. The molecule has 0 aromatic heterocycles. The summed E-state index contributed by atoms with van der Waals surface area (Å²) in [6.45, 7) is 9.73. The number of allylic oxidation sites excluding steroid dienone is 2. The van der Waals surface area contributed by atoms with Gasteiger partial charge in [-0.15, -0.1) is 0 Å². The number of rotatable bonds is 5. The second-order valence-electron chi connectivity index (χ2n) is 5.80. The zero-order valence-corrected chi connectivity index (χ0v) is 14.3. The summed E-state index contributed by atoms with van der Waals surface area (Å²) in [7, 11) is 0. The summed E-state index contributed by atoms with van der Waals surface area (Å²) in [6, 6.07) is 18.3. The van der Waals surface area contributed by atoms with Crippen molar-refractivity contribution in [2.45, 2.75) is 13.1 Å². The van der Waals surface area contributed by atoms with Gasteiger partial charge in [0.15, 0.2) is 6.17 Å². The van der Waals surface area contributed by atoms with Gasteiger partial charge in [0.1, 0.15) is 11.7 Å². The van der Waals surface area contributed by atoms with Gasteiger partial charge < -0.3 is 5.32 Å². The van der Waals surface area contributed by atoms with Gasteiger partial charge >= 0.3 is 0 Å². The molecule has 2 aromatic rings. The van der Waals surface area contributed by atoms with Crippen LogP contribution in [0.1, 0.15) is 16.7 Å². The predicted molar refractivity (Wildman–Crippen MR) is 106 cm³/mol. The molecular formula is C22H21N3. The highest BCUT2D eigenvalue weighted by Crippen LogP contribution is 2.18. The highest BCUT2D eigenvalue weighted by molar-refractivity contribution is 6.16. The molecule has 0 saturated heterocycles. The molecule has 0 radical (unpaired) electrons. The Hall–Kier alpha value is -3.20. The standard InChI is InChI=1S/C22H21N3/c1-4-10-17(5-2)20-23-21(18-12-7-6-8-13-18)25-22(24-20)19-14-9-11-16(3)15-19/h4-15,20H,1-2H2,3H3,(H,23,24,25)/b17-10+. The minimum Gasteiger partial charge on any atom is -0.324 e. The lowest BCUT2D eigenvalue weighted by molar-refractivity contribution is 0.815. The van der Waals surface area contributed by atoms with E-state index in [-0.39, 0.29) is 6.17 Å². The molecule has 1 heterocycles. The van der Waals surface area contributed by atoms with Crippen molar-refractivity contribution in [2.24, 2.45) is 9.98 Å². The lowest BCUT2D eigenvalue weighted by Crippen LogP contribution is -2.38. The van der Waals surface area contributed by atoms with Gasteiger partial charge in [0.25, 0.3) is 0 Å². The quantitative estimate of drug-likeness (QED) is 0.811. The molecule has 0 bridgehead atoms. The molecule has 3 heteroatoms. The summed E-state index contributed by atoms with van der Waals surface area (Å²) >= 11 is 0. The highest BCUT2D eigenvalue weighted by atomic mass is 15.2. The van der Waals surface area contributed by atoms with Crippen LogP contribution < -0.4 is 5.32 Å². The minimum atomic E-state index is -0.345. The van der Waals surface area contributed by atoms with Crippen molar-refractivity contribution in [1.82, 2.24) is 5.32 Å². The van der Waals surface area contributed by atoms with Crippen LogP contribution in [0.4, 0.5) is 0 Å². The van der Waals surface area contributed by atoms with E-state index in [0.717, 1.165) is 28.4 Å². The number of nitrogens with zero attached hydrogens (tertiary/aromatic N) is 2. The van der Waals surface area contributed by atoms with Crippen LogP contribution in [0, 0.1) is 6.92 Å². The molecule has 0 aliphatic carbocycles. The number of amidine groups is 2. The first-order valence-corrected chi connectivity index (χ1v) is 8.21. The van der Waals surface area contributed by atoms with Gasteiger partial charge in [0, 0.05) is 11.1 Å². The zero-order chi connectivity index (χ0) is 17.6. The van der Waals surface area contributed by atoms with E-state index in [1.165, 1.54) is 5.56 Å². The maximum Gasteiger partial charge on any atom is 0.169 e. The Labute approximate surface area is 148 Å². The number of hydrogen-bond acceptors (Lipinski definition) is 3. The first-order valence-electron chi connectivity index (χ1n) is 8.21. The fourth-order valence-corrected chi connectivity index (χ4v) is 2.68. The molecule has 0 fully saturated rings. The molecule has 124 valence electrons. The van der Waals surface area contributed by atoms with Gasteiger partial charge in [-0.2, -0.15) is 0 Å². The SMILES string of the molecule is C=C/C=C(\C=C)C1N=C(c2ccccc2)NC(c2cccc(C)c2)=N1. The van der Waals surface area contributed by atoms with Gasteiger partial charge in [-0.3, -0.25) is 0 Å². The Morgan fingerprint density at radius 1 is 0.960 bits per heavy atom. The molecule has 1 aliphatic heterocycles. The lowest BCUT2D eigenvalue weighted by atomic mass is 10.1. The van der Waals surface area contributed by atoms with Crippen LogP contribution in [0.15, 0.2) is 102 Å². The Kier molecular flexibility index (Phi) is 5.05. The topological polar surface area (TPSA) is 36.8 Å². The lowest BCUT2D eigenvalue weighted by Gasteiger charge is -2.22. The second-order valence-corrected chi connectivity index (χ2v) is 5.80. The molecule has 1 aliphatic rings. The zero-order valence-electron chi connectivity index (χ0n) is 14.3. The predicted octanol–water partition coefficient (Wildman–Crippen LogP) is 4.42. The van der Waals surface area contributed by atoms with Crippen molar-refractivity contribution in [3.63, 3.8) is 0 Å². The van der Waals surface area contributed by atoms with E-state index in [1.54, 1.807) is 12.2 Å². The van der Waals surface area contributed by atoms with E-state index in [2.05, 4.69) is 43.6 Å². The van der Waals surface area contributed by atoms with E-state index in [4.69, 9.17) is 9.98 Å². The van der Waals surface area contributed by atoms with Crippen molar-refractivity contribution in [3.8, 4) is 0 Å². The third-order valence-electron chi connectivity index (χ3n) is 3.92. The van der Waals surface area contributed by atoms with Gasteiger partial charge in [0.2, 0.25) is 0 Å². The van der Waals surface area contributed by atoms with Crippen molar-refractivity contribution in [1.29, 1.82) is 0 Å². The first-order chi connectivity index (χ1) is 12.2. The third-order valence-corrected chi connectivity index (χ3v) is 3.92. The van der Waals surface area contributed by atoms with Crippen LogP contribution in [0.25, 0.3) is 0 Å². The van der Waals surface area contributed by atoms with Crippen LogP contribution in [-0.4, -0.2) is 17.8 Å². The van der Waals surface area contributed by atoms with Crippen molar-refractivity contribution >= 4 is 11.7 Å². The van der Waals surface area contributed by atoms with Crippen LogP contribution in [-0.2, 0) is 0 Å². The van der Waals surface area contributed by atoms with E-state index in [9.17, 15) is 0 Å². The van der Waals surface area contributed by atoms with Gasteiger partial charge in [0.05, 0.1) is 0 Å². The van der Waals surface area contributed by atoms with Crippen molar-refractivity contribution in [2.75, 3.05) is 0 Å². The molecule has 0 spiro atoms. The molecule has 0 amide bonds. The Balaban J connectivity index is 2.07.